The number of non-ortho nitro benzene ring substituents is 1. The molecular weight excluding hydrogens is 473 g/mol. The molecule has 0 saturated carbocycles. The molecule has 0 fully saturated rings. The number of benzene rings is 1. The third-order valence-corrected chi connectivity index (χ3v) is 5.40. The number of pyridine rings is 2. The first-order valence-corrected chi connectivity index (χ1v) is 9.07. The fourth-order valence-corrected chi connectivity index (χ4v) is 4.38. The number of hydrogen-bond acceptors (Lipinski definition) is 4. The molecule has 4 heterocycles. The van der Waals surface area contributed by atoms with Crippen LogP contribution in [0.1, 0.15) is 19.6 Å². The largest absolute Gasteiger partial charge is 0.346 e. The van der Waals surface area contributed by atoms with Gasteiger partial charge in [0.05, 0.1) is 27.2 Å². The Labute approximate surface area is 203 Å². The summed E-state index contributed by atoms with van der Waals surface area (Å²) >= 11 is 0. The summed E-state index contributed by atoms with van der Waals surface area (Å²) in [6.45, 7) is 1.59. The standard InChI is InChI=1S/C22H14N4O4.Y/c1-2-7-15-12-16-8-3-5-10-23(16)22(15)21-18(19-9-4-6-11-24(19)22)13-17(25(27)28)14-20(21)26(29)30;/h3-11,13-14H,1H3;/i7T;. The number of nitro groups is 2. The van der Waals surface area contributed by atoms with Crippen LogP contribution >= 0.6 is 0 Å². The minimum absolute atomic E-state index is 0. The van der Waals surface area contributed by atoms with Crippen molar-refractivity contribution in [3.05, 3.63) is 116 Å². The van der Waals surface area contributed by atoms with Gasteiger partial charge in [-0.2, -0.15) is 16.2 Å². The van der Waals surface area contributed by atoms with E-state index in [0.717, 1.165) is 6.07 Å². The van der Waals surface area contributed by atoms with Crippen LogP contribution in [0.25, 0.3) is 11.3 Å². The van der Waals surface area contributed by atoms with Crippen molar-refractivity contribution in [3.63, 3.8) is 0 Å². The molecule has 2 aliphatic rings. The summed E-state index contributed by atoms with van der Waals surface area (Å²) in [5.41, 5.74) is 0.0971. The van der Waals surface area contributed by atoms with Crippen molar-refractivity contribution in [2.24, 2.45) is 0 Å². The number of allylic oxidation sites excluding steroid dienone is 3. The van der Waals surface area contributed by atoms with E-state index < -0.39 is 15.5 Å². The van der Waals surface area contributed by atoms with Gasteiger partial charge in [-0.25, -0.2) is 0 Å². The van der Waals surface area contributed by atoms with Gasteiger partial charge in [-0.05, 0) is 12.1 Å². The van der Waals surface area contributed by atoms with Crippen LogP contribution in [-0.2, 0) is 38.4 Å². The van der Waals surface area contributed by atoms with Crippen molar-refractivity contribution >= 4 is 11.4 Å². The molecule has 0 aliphatic carbocycles. The van der Waals surface area contributed by atoms with Crippen molar-refractivity contribution < 1.29 is 53.1 Å². The predicted octanol–water partition coefficient (Wildman–Crippen LogP) is 2.78. The maximum absolute atomic E-state index is 12.2. The SMILES string of the molecule is [3H]C(=[C-]C)C1=[C-]c2cccc[n+]2C12c1c(cc([N+](=O)[O-])cc1[N+](=O)[O-])-c1cccc[n+]12.[Y]. The van der Waals surface area contributed by atoms with Crippen molar-refractivity contribution in [2.45, 2.75) is 12.6 Å². The Hall–Kier alpha value is -3.10. The molecule has 1 radical (unpaired) electrons. The Morgan fingerprint density at radius 3 is 2.48 bits per heavy atom. The second-order valence-electron chi connectivity index (χ2n) is 6.86. The molecule has 1 aromatic carbocycles. The Kier molecular flexibility index (Phi) is 4.83. The smallest absolute Gasteiger partial charge is 0.340 e. The molecule has 0 saturated heterocycles. The van der Waals surface area contributed by atoms with Crippen LogP contribution in [-0.4, -0.2) is 9.85 Å². The summed E-state index contributed by atoms with van der Waals surface area (Å²) in [6, 6.07) is 13.1. The molecule has 2 aromatic heterocycles. The van der Waals surface area contributed by atoms with Gasteiger partial charge in [-0.15, -0.1) is 17.6 Å². The summed E-state index contributed by atoms with van der Waals surface area (Å²) in [7, 11) is 0. The van der Waals surface area contributed by atoms with E-state index in [-0.39, 0.29) is 55.7 Å². The van der Waals surface area contributed by atoms with Crippen molar-refractivity contribution in [1.29, 1.82) is 0 Å². The molecule has 8 nitrogen and oxygen atoms in total. The number of rotatable bonds is 3. The maximum Gasteiger partial charge on any atom is 0.340 e. The minimum atomic E-state index is -1.33. The first-order chi connectivity index (χ1) is 14.9. The van der Waals surface area contributed by atoms with Gasteiger partial charge in [0, 0.05) is 50.9 Å². The van der Waals surface area contributed by atoms with E-state index in [4.69, 9.17) is 1.37 Å². The second-order valence-corrected chi connectivity index (χ2v) is 6.86. The zero-order chi connectivity index (χ0) is 21.9. The summed E-state index contributed by atoms with van der Waals surface area (Å²) in [6.07, 6.45) is 9.55. The van der Waals surface area contributed by atoms with E-state index in [9.17, 15) is 20.2 Å². The Morgan fingerprint density at radius 2 is 1.81 bits per heavy atom. The summed E-state index contributed by atoms with van der Waals surface area (Å²) in [4.78, 5) is 22.4. The molecule has 1 unspecified atom stereocenters. The molecule has 149 valence electrons. The Bertz CT molecular complexity index is 1390. The number of fused-ring (bicyclic) bond motifs is 7. The van der Waals surface area contributed by atoms with Crippen molar-refractivity contribution in [3.8, 4) is 11.3 Å². The zero-order valence-electron chi connectivity index (χ0n) is 17.3. The molecule has 2 aliphatic heterocycles. The normalized spacial score (nSPS) is 18.4. The van der Waals surface area contributed by atoms with Gasteiger partial charge in [-0.1, -0.05) is 7.44 Å². The molecule has 9 heteroatoms. The van der Waals surface area contributed by atoms with Crippen LogP contribution in [0.2, 0.25) is 0 Å². The van der Waals surface area contributed by atoms with E-state index in [0.29, 0.717) is 22.5 Å². The molecule has 0 bridgehead atoms. The van der Waals surface area contributed by atoms with E-state index >= 15 is 0 Å². The molecule has 5 rings (SSSR count). The number of nitrogens with zero attached hydrogens (tertiary/aromatic N) is 4. The first-order valence-electron chi connectivity index (χ1n) is 9.57. The Morgan fingerprint density at radius 1 is 1.10 bits per heavy atom. The Balaban J connectivity index is 0.00000245. The predicted molar refractivity (Wildman–Crippen MR) is 104 cm³/mol. The van der Waals surface area contributed by atoms with Crippen molar-refractivity contribution in [2.75, 3.05) is 0 Å². The third kappa shape index (κ3) is 2.75. The van der Waals surface area contributed by atoms with Gasteiger partial charge in [0.2, 0.25) is 5.69 Å². The first kappa shape index (κ1) is 19.8. The molecule has 1 atom stereocenters. The quantitative estimate of drug-likeness (QED) is 0.245. The van der Waals surface area contributed by atoms with E-state index in [2.05, 4.69) is 12.2 Å². The number of hydrogen-bond donors (Lipinski definition) is 0. The fourth-order valence-electron chi connectivity index (χ4n) is 4.38. The second kappa shape index (κ2) is 7.55. The average Bonchev–Trinajstić information content (AvgIpc) is 3.27. The zero-order valence-corrected chi connectivity index (χ0v) is 19.1. The van der Waals surface area contributed by atoms with Crippen LogP contribution in [0.4, 0.5) is 11.4 Å². The van der Waals surface area contributed by atoms with Crippen LogP contribution in [0.3, 0.4) is 0 Å². The molecular formula is C22H14N4O4Y. The van der Waals surface area contributed by atoms with Gasteiger partial charge in [0.1, 0.15) is 0 Å². The maximum atomic E-state index is 12.2. The molecule has 0 N–H and O–H groups in total. The van der Waals surface area contributed by atoms with Gasteiger partial charge in [0.15, 0.2) is 18.0 Å². The summed E-state index contributed by atoms with van der Waals surface area (Å²) < 4.78 is 12.2. The minimum Gasteiger partial charge on any atom is -0.346 e. The monoisotopic (exact) mass is 489 g/mol. The fraction of sp³-hybridized carbons (Fsp3) is 0.0909. The van der Waals surface area contributed by atoms with Gasteiger partial charge >= 0.3 is 5.66 Å². The van der Waals surface area contributed by atoms with E-state index in [1.54, 1.807) is 54.2 Å². The molecule has 31 heavy (non-hydrogen) atoms. The third-order valence-electron chi connectivity index (χ3n) is 5.40. The van der Waals surface area contributed by atoms with Crippen LogP contribution in [0.15, 0.2) is 72.5 Å². The van der Waals surface area contributed by atoms with E-state index in [1.165, 1.54) is 6.07 Å². The van der Waals surface area contributed by atoms with E-state index in [1.807, 2.05) is 10.6 Å². The molecule has 0 amide bonds. The van der Waals surface area contributed by atoms with Gasteiger partial charge in [-0.3, -0.25) is 20.2 Å². The molecule has 3 aromatic rings. The topological polar surface area (TPSA) is 94.0 Å². The van der Waals surface area contributed by atoms with Crippen molar-refractivity contribution in [1.82, 2.24) is 0 Å². The van der Waals surface area contributed by atoms with Crippen LogP contribution in [0, 0.1) is 32.4 Å². The number of aromatic nitrogens is 2. The summed E-state index contributed by atoms with van der Waals surface area (Å²) in [5, 5.41) is 23.7. The van der Waals surface area contributed by atoms with Gasteiger partial charge in [0.25, 0.3) is 11.4 Å². The van der Waals surface area contributed by atoms with Crippen LogP contribution in [0.5, 0.6) is 0 Å². The molecule has 1 spiro atoms. The number of nitro benzene ring substituents is 2. The van der Waals surface area contributed by atoms with Gasteiger partial charge < -0.3 is 12.1 Å². The van der Waals surface area contributed by atoms with Crippen LogP contribution < -0.4 is 9.13 Å². The summed E-state index contributed by atoms with van der Waals surface area (Å²) in [5.74, 6) is 0. The average molecular weight is 489 g/mol.